The molecule has 4 nitrogen and oxygen atoms in total. The lowest BCUT2D eigenvalue weighted by Crippen LogP contribution is -2.64. The van der Waals surface area contributed by atoms with E-state index in [9.17, 15) is 9.59 Å². The smallest absolute Gasteiger partial charge is 0.246 e. The number of nitrogens with zero attached hydrogens (tertiary/aromatic N) is 1. The number of hydrogen-bond donors (Lipinski definition) is 1. The fourth-order valence-corrected chi connectivity index (χ4v) is 2.50. The average Bonchev–Trinajstić information content (AvgIpc) is 2.20. The van der Waals surface area contributed by atoms with Crippen molar-refractivity contribution in [1.29, 1.82) is 0 Å². The molecule has 2 unspecified atom stereocenters. The molecule has 0 aromatic heterocycles. The summed E-state index contributed by atoms with van der Waals surface area (Å²) >= 11 is 0. The Balaban J connectivity index is 2.08. The summed E-state index contributed by atoms with van der Waals surface area (Å²) in [6, 6.07) is -0.642. The van der Waals surface area contributed by atoms with Gasteiger partial charge in [0.05, 0.1) is 0 Å². The molecule has 1 aliphatic heterocycles. The van der Waals surface area contributed by atoms with Gasteiger partial charge in [0.2, 0.25) is 11.8 Å². The molecule has 0 bridgehead atoms. The van der Waals surface area contributed by atoms with Gasteiger partial charge in [0.25, 0.3) is 0 Å². The quantitative estimate of drug-likeness (QED) is 0.802. The molecule has 4 heteroatoms. The molecular formula is C13H22N2O2. The zero-order valence-electron chi connectivity index (χ0n) is 10.9. The molecular weight excluding hydrogens is 216 g/mol. The van der Waals surface area contributed by atoms with Crippen molar-refractivity contribution >= 4 is 11.8 Å². The zero-order valence-corrected chi connectivity index (χ0v) is 10.9. The van der Waals surface area contributed by atoms with Crippen LogP contribution in [0.5, 0.6) is 0 Å². The van der Waals surface area contributed by atoms with E-state index < -0.39 is 0 Å². The lowest BCUT2D eigenvalue weighted by Gasteiger charge is -2.42. The summed E-state index contributed by atoms with van der Waals surface area (Å²) in [5, 5.41) is 2.82. The molecule has 17 heavy (non-hydrogen) atoms. The van der Waals surface area contributed by atoms with Crippen LogP contribution in [0.1, 0.15) is 40.0 Å². The van der Waals surface area contributed by atoms with E-state index in [0.29, 0.717) is 5.92 Å². The van der Waals surface area contributed by atoms with Crippen molar-refractivity contribution in [3.8, 4) is 0 Å². The maximum atomic E-state index is 12.3. The van der Waals surface area contributed by atoms with E-state index in [0.717, 1.165) is 6.54 Å². The summed E-state index contributed by atoms with van der Waals surface area (Å²) in [6.07, 6.45) is 3.66. The van der Waals surface area contributed by atoms with E-state index in [-0.39, 0.29) is 29.8 Å². The van der Waals surface area contributed by atoms with Gasteiger partial charge in [-0.15, -0.1) is 0 Å². The monoisotopic (exact) mass is 238 g/mol. The molecule has 0 aromatic carbocycles. The van der Waals surface area contributed by atoms with Crippen LogP contribution in [0.4, 0.5) is 0 Å². The topological polar surface area (TPSA) is 49.4 Å². The van der Waals surface area contributed by atoms with E-state index >= 15 is 0 Å². The summed E-state index contributed by atoms with van der Waals surface area (Å²) in [4.78, 5) is 25.9. The van der Waals surface area contributed by atoms with E-state index in [1.807, 2.05) is 20.8 Å². The fraction of sp³-hybridized carbons (Fsp3) is 0.846. The van der Waals surface area contributed by atoms with Crippen LogP contribution in [-0.2, 0) is 9.59 Å². The largest absolute Gasteiger partial charge is 0.342 e. The van der Waals surface area contributed by atoms with Crippen LogP contribution in [0.2, 0.25) is 0 Å². The molecule has 2 fully saturated rings. The first-order valence-corrected chi connectivity index (χ1v) is 6.61. The Bertz CT molecular complexity index is 323. The average molecular weight is 238 g/mol. The number of carbonyl (C=O) groups excluding carboxylic acids is 2. The highest BCUT2D eigenvalue weighted by Gasteiger charge is 2.40. The summed E-state index contributed by atoms with van der Waals surface area (Å²) in [5.41, 5.74) is 0. The Morgan fingerprint density at radius 1 is 1.35 bits per heavy atom. The van der Waals surface area contributed by atoms with Crippen molar-refractivity contribution in [3.63, 3.8) is 0 Å². The molecule has 1 saturated heterocycles. The van der Waals surface area contributed by atoms with E-state index in [4.69, 9.17) is 0 Å². The van der Waals surface area contributed by atoms with E-state index in [1.54, 1.807) is 4.90 Å². The van der Waals surface area contributed by atoms with Crippen molar-refractivity contribution in [3.05, 3.63) is 0 Å². The third-order valence-corrected chi connectivity index (χ3v) is 4.04. The number of piperazine rings is 1. The van der Waals surface area contributed by atoms with Crippen molar-refractivity contribution in [1.82, 2.24) is 10.2 Å². The predicted molar refractivity (Wildman–Crippen MR) is 65.3 cm³/mol. The maximum Gasteiger partial charge on any atom is 0.246 e. The highest BCUT2D eigenvalue weighted by Crippen LogP contribution is 2.29. The predicted octanol–water partition coefficient (Wildman–Crippen LogP) is 1.16. The number of nitrogens with one attached hydrogen (secondary N) is 1. The van der Waals surface area contributed by atoms with Crippen LogP contribution in [0.25, 0.3) is 0 Å². The normalized spacial score (nSPS) is 30.5. The van der Waals surface area contributed by atoms with Gasteiger partial charge in [0, 0.05) is 6.54 Å². The van der Waals surface area contributed by atoms with Gasteiger partial charge >= 0.3 is 0 Å². The van der Waals surface area contributed by atoms with E-state index in [2.05, 4.69) is 5.32 Å². The van der Waals surface area contributed by atoms with Gasteiger partial charge in [-0.05, 0) is 31.6 Å². The Hall–Kier alpha value is -1.06. The van der Waals surface area contributed by atoms with Crippen molar-refractivity contribution in [2.45, 2.75) is 52.1 Å². The van der Waals surface area contributed by atoms with Gasteiger partial charge in [-0.1, -0.05) is 20.3 Å². The lowest BCUT2D eigenvalue weighted by molar-refractivity contribution is -0.151. The second-order valence-electron chi connectivity index (χ2n) is 5.69. The van der Waals surface area contributed by atoms with Crippen LogP contribution < -0.4 is 5.32 Å². The first-order chi connectivity index (χ1) is 8.00. The third-order valence-electron chi connectivity index (χ3n) is 4.04. The fourth-order valence-electron chi connectivity index (χ4n) is 2.50. The molecule has 0 spiro atoms. The van der Waals surface area contributed by atoms with Gasteiger partial charge in [-0.25, -0.2) is 0 Å². The number of carbonyl (C=O) groups is 2. The number of hydrogen-bond acceptors (Lipinski definition) is 2. The second kappa shape index (κ2) is 4.67. The van der Waals surface area contributed by atoms with Crippen LogP contribution in [0.15, 0.2) is 0 Å². The van der Waals surface area contributed by atoms with E-state index in [1.165, 1.54) is 19.3 Å². The van der Waals surface area contributed by atoms with Crippen LogP contribution >= 0.6 is 0 Å². The molecule has 1 aliphatic carbocycles. The Kier molecular flexibility index (Phi) is 3.40. The summed E-state index contributed by atoms with van der Waals surface area (Å²) < 4.78 is 0. The van der Waals surface area contributed by atoms with Crippen LogP contribution in [0, 0.1) is 11.8 Å². The van der Waals surface area contributed by atoms with Crippen molar-refractivity contribution in [2.24, 2.45) is 11.8 Å². The second-order valence-corrected chi connectivity index (χ2v) is 5.69. The minimum absolute atomic E-state index is 0.0115. The molecule has 0 radical (unpaired) electrons. The first kappa shape index (κ1) is 12.4. The molecule has 1 N–H and O–H groups in total. The maximum absolute atomic E-state index is 12.3. The van der Waals surface area contributed by atoms with Crippen molar-refractivity contribution < 1.29 is 9.59 Å². The third kappa shape index (κ3) is 2.31. The van der Waals surface area contributed by atoms with Gasteiger partial charge in [-0.2, -0.15) is 0 Å². The zero-order chi connectivity index (χ0) is 12.6. The highest BCUT2D eigenvalue weighted by atomic mass is 16.2. The Morgan fingerprint density at radius 2 is 2.00 bits per heavy atom. The highest BCUT2D eigenvalue weighted by molar-refractivity contribution is 5.96. The number of rotatable bonds is 3. The van der Waals surface area contributed by atoms with Crippen molar-refractivity contribution in [2.75, 3.05) is 6.54 Å². The Morgan fingerprint density at radius 3 is 2.47 bits per heavy atom. The molecule has 1 saturated carbocycles. The molecule has 2 aliphatic rings. The summed E-state index contributed by atoms with van der Waals surface area (Å²) in [7, 11) is 0. The SMILES string of the molecule is CC(C)C1NC(=O)C(C)N(CC2CCC2)C1=O. The molecule has 96 valence electrons. The summed E-state index contributed by atoms with van der Waals surface area (Å²) in [5.74, 6) is 0.851. The van der Waals surface area contributed by atoms with Gasteiger partial charge < -0.3 is 10.2 Å². The van der Waals surface area contributed by atoms with Gasteiger partial charge in [0.1, 0.15) is 12.1 Å². The minimum atomic E-state index is -0.334. The molecule has 2 rings (SSSR count). The molecule has 2 atom stereocenters. The standard InChI is InChI=1S/C13H22N2O2/c1-8(2)11-13(17)15(7-10-5-4-6-10)9(3)12(16)14-11/h8-11H,4-7H2,1-3H3,(H,14,16). The van der Waals surface area contributed by atoms with Gasteiger partial charge in [0.15, 0.2) is 0 Å². The Labute approximate surface area is 103 Å². The number of amides is 2. The van der Waals surface area contributed by atoms with Gasteiger partial charge in [-0.3, -0.25) is 9.59 Å². The first-order valence-electron chi connectivity index (χ1n) is 6.61. The molecule has 0 aromatic rings. The lowest BCUT2D eigenvalue weighted by atomic mass is 9.84. The van der Waals surface area contributed by atoms with Crippen LogP contribution in [-0.4, -0.2) is 35.3 Å². The van der Waals surface area contributed by atoms with Crippen LogP contribution in [0.3, 0.4) is 0 Å². The minimum Gasteiger partial charge on any atom is -0.342 e. The summed E-state index contributed by atoms with van der Waals surface area (Å²) in [6.45, 7) is 6.53. The molecule has 1 heterocycles. The molecule has 2 amide bonds.